The van der Waals surface area contributed by atoms with Crippen molar-refractivity contribution >= 4 is 0 Å². The first-order valence-electron chi connectivity index (χ1n) is 13.8. The fourth-order valence-corrected chi connectivity index (χ4v) is 4.82. The summed E-state index contributed by atoms with van der Waals surface area (Å²) in [7, 11) is 0. The summed E-state index contributed by atoms with van der Waals surface area (Å²) in [6.07, 6.45) is -6.28. The number of ether oxygens (including phenoxy) is 5. The number of benzene rings is 4. The molecule has 1 aliphatic rings. The molecule has 1 fully saturated rings. The first kappa shape index (κ1) is 29.1. The molecule has 4 aromatic carbocycles. The van der Waals surface area contributed by atoms with Gasteiger partial charge in [-0.2, -0.15) is 0 Å². The molecule has 1 unspecified atom stereocenters. The van der Waals surface area contributed by atoms with E-state index in [0.29, 0.717) is 0 Å². The molecule has 5 rings (SSSR count). The lowest BCUT2D eigenvalue weighted by atomic mass is 9.97. The highest BCUT2D eigenvalue weighted by molar-refractivity contribution is 5.16. The number of aliphatic hydroxyl groups excluding tert-OH is 1. The molecule has 1 aliphatic heterocycles. The number of aliphatic hydroxyl groups is 2. The fraction of sp³-hybridized carbons (Fsp3) is 0.294. The van der Waals surface area contributed by atoms with Crippen molar-refractivity contribution in [3.05, 3.63) is 144 Å². The number of rotatable bonds is 13. The standard InChI is InChI=1S/C34H36O7/c35-33(36)31-29(37-21-25-13-5-1-6-14-25)30(38-22-26-15-7-2-8-16-26)32(39-23-27-17-9-3-10-18-27)34(41-31)40-24-28-19-11-4-12-20-28/h1-20,29-36H,21-24H2/t29-,30-,31-,32+,34?/m0/s1. The summed E-state index contributed by atoms with van der Waals surface area (Å²) in [6.45, 7) is 1.01. The Morgan fingerprint density at radius 2 is 0.805 bits per heavy atom. The Bertz CT molecular complexity index is 1270. The molecule has 0 saturated carbocycles. The molecule has 1 heterocycles. The Morgan fingerprint density at radius 3 is 1.20 bits per heavy atom. The van der Waals surface area contributed by atoms with Crippen LogP contribution in [0.2, 0.25) is 0 Å². The van der Waals surface area contributed by atoms with Gasteiger partial charge in [-0.25, -0.2) is 0 Å². The van der Waals surface area contributed by atoms with Gasteiger partial charge >= 0.3 is 0 Å². The van der Waals surface area contributed by atoms with Crippen molar-refractivity contribution in [2.24, 2.45) is 0 Å². The fourth-order valence-electron chi connectivity index (χ4n) is 4.82. The van der Waals surface area contributed by atoms with Gasteiger partial charge in [0.2, 0.25) is 0 Å². The summed E-state index contributed by atoms with van der Waals surface area (Å²) in [5.74, 6) is 0. The van der Waals surface area contributed by atoms with E-state index in [4.69, 9.17) is 23.7 Å². The summed E-state index contributed by atoms with van der Waals surface area (Å²) in [5.41, 5.74) is 3.82. The van der Waals surface area contributed by atoms with Gasteiger partial charge in [0.1, 0.15) is 24.4 Å². The van der Waals surface area contributed by atoms with Gasteiger partial charge in [-0.3, -0.25) is 0 Å². The normalized spacial score (nSPS) is 22.6. The predicted molar refractivity (Wildman–Crippen MR) is 153 cm³/mol. The lowest BCUT2D eigenvalue weighted by Crippen LogP contribution is -2.63. The maximum atomic E-state index is 10.4. The van der Waals surface area contributed by atoms with E-state index < -0.39 is 37.0 Å². The van der Waals surface area contributed by atoms with Crippen LogP contribution in [0.1, 0.15) is 22.3 Å². The van der Waals surface area contributed by atoms with Gasteiger partial charge in [-0.05, 0) is 22.3 Å². The molecule has 0 aromatic heterocycles. The Kier molecular flexibility index (Phi) is 10.7. The molecule has 7 nitrogen and oxygen atoms in total. The first-order chi connectivity index (χ1) is 20.2. The highest BCUT2D eigenvalue weighted by atomic mass is 16.7. The van der Waals surface area contributed by atoms with Gasteiger partial charge in [0.15, 0.2) is 12.6 Å². The van der Waals surface area contributed by atoms with E-state index in [1.807, 2.05) is 121 Å². The summed E-state index contributed by atoms with van der Waals surface area (Å²) in [4.78, 5) is 0. The van der Waals surface area contributed by atoms with Crippen molar-refractivity contribution in [2.75, 3.05) is 0 Å². The second-order valence-corrected chi connectivity index (χ2v) is 9.96. The van der Waals surface area contributed by atoms with Crippen molar-refractivity contribution in [1.82, 2.24) is 0 Å². The maximum Gasteiger partial charge on any atom is 0.187 e. The lowest BCUT2D eigenvalue weighted by molar-refractivity contribution is -0.351. The van der Waals surface area contributed by atoms with Crippen LogP contribution in [0.25, 0.3) is 0 Å². The average Bonchev–Trinajstić information content (AvgIpc) is 3.03. The van der Waals surface area contributed by atoms with E-state index in [2.05, 4.69) is 0 Å². The molecule has 0 aliphatic carbocycles. The minimum atomic E-state index is -1.84. The zero-order chi connectivity index (χ0) is 28.3. The quantitative estimate of drug-likeness (QED) is 0.224. The first-order valence-corrected chi connectivity index (χ1v) is 13.8. The molecule has 1 saturated heterocycles. The van der Waals surface area contributed by atoms with Crippen molar-refractivity contribution in [1.29, 1.82) is 0 Å². The molecular formula is C34H36O7. The van der Waals surface area contributed by atoms with E-state index in [-0.39, 0.29) is 26.4 Å². The second-order valence-electron chi connectivity index (χ2n) is 9.96. The Morgan fingerprint density at radius 1 is 0.463 bits per heavy atom. The molecular weight excluding hydrogens is 520 g/mol. The van der Waals surface area contributed by atoms with Crippen LogP contribution in [0.4, 0.5) is 0 Å². The molecule has 0 spiro atoms. The van der Waals surface area contributed by atoms with Crippen LogP contribution < -0.4 is 0 Å². The maximum absolute atomic E-state index is 10.4. The van der Waals surface area contributed by atoms with Gasteiger partial charge < -0.3 is 33.9 Å². The van der Waals surface area contributed by atoms with E-state index in [0.717, 1.165) is 22.3 Å². The predicted octanol–water partition coefficient (Wildman–Crippen LogP) is 5.00. The minimum Gasteiger partial charge on any atom is -0.368 e. The third-order valence-corrected chi connectivity index (χ3v) is 6.94. The van der Waals surface area contributed by atoms with Crippen molar-refractivity contribution < 1.29 is 33.9 Å². The molecule has 0 radical (unpaired) electrons. The smallest absolute Gasteiger partial charge is 0.187 e. The lowest BCUT2D eigenvalue weighted by Gasteiger charge is -2.46. The van der Waals surface area contributed by atoms with Crippen LogP contribution >= 0.6 is 0 Å². The molecule has 5 atom stereocenters. The summed E-state index contributed by atoms with van der Waals surface area (Å²) in [5, 5.41) is 20.9. The van der Waals surface area contributed by atoms with Crippen LogP contribution in [0.5, 0.6) is 0 Å². The zero-order valence-electron chi connectivity index (χ0n) is 22.8. The summed E-state index contributed by atoms with van der Waals surface area (Å²) >= 11 is 0. The van der Waals surface area contributed by atoms with Crippen LogP contribution in [-0.4, -0.2) is 47.2 Å². The third kappa shape index (κ3) is 8.31. The Hall–Kier alpha value is -3.40. The highest BCUT2D eigenvalue weighted by Crippen LogP contribution is 2.32. The molecule has 0 amide bonds. The second kappa shape index (κ2) is 15.0. The minimum absolute atomic E-state index is 0.226. The van der Waals surface area contributed by atoms with Gasteiger partial charge in [0, 0.05) is 0 Å². The number of hydrogen-bond acceptors (Lipinski definition) is 7. The monoisotopic (exact) mass is 556 g/mol. The van der Waals surface area contributed by atoms with E-state index in [9.17, 15) is 10.2 Å². The number of hydrogen-bond donors (Lipinski definition) is 2. The Labute approximate surface area is 240 Å². The largest absolute Gasteiger partial charge is 0.368 e. The van der Waals surface area contributed by atoms with Gasteiger partial charge in [-0.1, -0.05) is 121 Å². The topological polar surface area (TPSA) is 86.6 Å². The molecule has 214 valence electrons. The molecule has 7 heteroatoms. The molecule has 0 bridgehead atoms. The average molecular weight is 557 g/mol. The van der Waals surface area contributed by atoms with Crippen molar-refractivity contribution in [3.63, 3.8) is 0 Å². The van der Waals surface area contributed by atoms with Crippen LogP contribution in [0.3, 0.4) is 0 Å². The van der Waals surface area contributed by atoms with Gasteiger partial charge in [0.25, 0.3) is 0 Å². The third-order valence-electron chi connectivity index (χ3n) is 6.94. The summed E-state index contributed by atoms with van der Waals surface area (Å²) in [6, 6.07) is 39.0. The van der Waals surface area contributed by atoms with Crippen LogP contribution in [-0.2, 0) is 50.1 Å². The van der Waals surface area contributed by atoms with Gasteiger partial charge in [-0.15, -0.1) is 0 Å². The van der Waals surface area contributed by atoms with Crippen LogP contribution in [0.15, 0.2) is 121 Å². The van der Waals surface area contributed by atoms with Crippen LogP contribution in [0, 0.1) is 0 Å². The van der Waals surface area contributed by atoms with Crippen molar-refractivity contribution in [2.45, 2.75) is 63.4 Å². The zero-order valence-corrected chi connectivity index (χ0v) is 22.8. The van der Waals surface area contributed by atoms with E-state index in [1.54, 1.807) is 0 Å². The molecule has 41 heavy (non-hydrogen) atoms. The van der Waals surface area contributed by atoms with Crippen molar-refractivity contribution in [3.8, 4) is 0 Å². The van der Waals surface area contributed by atoms with Gasteiger partial charge in [0.05, 0.1) is 26.4 Å². The molecule has 2 N–H and O–H groups in total. The van der Waals surface area contributed by atoms with E-state index in [1.165, 1.54) is 0 Å². The SMILES string of the molecule is OC(O)[C@H]1OC(OCc2ccccc2)[C@H](OCc2ccccc2)[C@@H](OCc2ccccc2)[C@@H]1OCc1ccccc1. The Balaban J connectivity index is 1.44. The molecule has 4 aromatic rings. The summed E-state index contributed by atoms with van der Waals surface area (Å²) < 4.78 is 31.7. The highest BCUT2D eigenvalue weighted by Gasteiger charge is 2.51. The van der Waals surface area contributed by atoms with E-state index >= 15 is 0 Å².